The number of aromatic nitrogens is 2. The standard InChI is InChI=1S/C17H17ClN2OS2/c1-3-9-22-17-19-15(18)14-13(10-23-16(14)20-17)11-5-7-12(8-6-11)21-4-2/h5-8,10H,3-4,9H2,1-2H3. The lowest BCUT2D eigenvalue weighted by Crippen LogP contribution is -1.91. The van der Waals surface area contributed by atoms with Crippen LogP contribution < -0.4 is 4.74 Å². The quantitative estimate of drug-likeness (QED) is 0.309. The molecule has 0 saturated heterocycles. The summed E-state index contributed by atoms with van der Waals surface area (Å²) >= 11 is 9.69. The normalized spacial score (nSPS) is 11.1. The molecule has 0 atom stereocenters. The second kappa shape index (κ2) is 7.51. The smallest absolute Gasteiger partial charge is 0.190 e. The maximum absolute atomic E-state index is 6.44. The maximum atomic E-state index is 6.44. The molecule has 0 fully saturated rings. The van der Waals surface area contributed by atoms with E-state index in [0.29, 0.717) is 11.8 Å². The highest BCUT2D eigenvalue weighted by Gasteiger charge is 2.14. The average molecular weight is 365 g/mol. The van der Waals surface area contributed by atoms with Crippen LogP contribution in [-0.4, -0.2) is 22.3 Å². The van der Waals surface area contributed by atoms with Crippen molar-refractivity contribution >= 4 is 44.9 Å². The van der Waals surface area contributed by atoms with E-state index in [9.17, 15) is 0 Å². The number of halogens is 1. The van der Waals surface area contributed by atoms with Gasteiger partial charge in [0, 0.05) is 16.7 Å². The number of ether oxygens (including phenoxy) is 1. The van der Waals surface area contributed by atoms with Gasteiger partial charge in [0.2, 0.25) is 0 Å². The van der Waals surface area contributed by atoms with Crippen molar-refractivity contribution in [3.8, 4) is 16.9 Å². The third-order valence-corrected chi connectivity index (χ3v) is 5.48. The second-order valence-corrected chi connectivity index (χ2v) is 7.21. The first-order chi connectivity index (χ1) is 11.2. The minimum Gasteiger partial charge on any atom is -0.494 e. The number of thiophene rings is 1. The van der Waals surface area contributed by atoms with Gasteiger partial charge in [-0.15, -0.1) is 11.3 Å². The Hall–Kier alpha value is -1.30. The zero-order valence-corrected chi connectivity index (χ0v) is 15.4. The molecule has 0 bridgehead atoms. The fraction of sp³-hybridized carbons (Fsp3) is 0.294. The summed E-state index contributed by atoms with van der Waals surface area (Å²) in [7, 11) is 0. The molecule has 1 aromatic carbocycles. The molecule has 0 N–H and O–H groups in total. The second-order valence-electron chi connectivity index (χ2n) is 4.93. The van der Waals surface area contributed by atoms with Gasteiger partial charge in [-0.2, -0.15) is 0 Å². The lowest BCUT2D eigenvalue weighted by Gasteiger charge is -2.05. The van der Waals surface area contributed by atoms with Crippen molar-refractivity contribution in [2.24, 2.45) is 0 Å². The Bertz CT molecular complexity index is 802. The molecule has 0 amide bonds. The topological polar surface area (TPSA) is 35.0 Å². The van der Waals surface area contributed by atoms with Crippen LogP contribution in [0.4, 0.5) is 0 Å². The highest BCUT2D eigenvalue weighted by atomic mass is 35.5. The zero-order chi connectivity index (χ0) is 16.2. The third kappa shape index (κ3) is 3.62. The molecule has 0 spiro atoms. The first-order valence-corrected chi connectivity index (χ1v) is 9.78. The molecular formula is C17H17ClN2OS2. The summed E-state index contributed by atoms with van der Waals surface area (Å²) in [6.45, 7) is 4.78. The number of hydrogen-bond acceptors (Lipinski definition) is 5. The van der Waals surface area contributed by atoms with Crippen molar-refractivity contribution in [2.75, 3.05) is 12.4 Å². The van der Waals surface area contributed by atoms with Crippen molar-refractivity contribution in [1.29, 1.82) is 0 Å². The number of nitrogens with zero attached hydrogens (tertiary/aromatic N) is 2. The molecule has 3 aromatic rings. The molecule has 0 radical (unpaired) electrons. The van der Waals surface area contributed by atoms with Crippen LogP contribution in [0.15, 0.2) is 34.8 Å². The molecule has 0 aliphatic heterocycles. The number of rotatable bonds is 6. The van der Waals surface area contributed by atoms with Crippen molar-refractivity contribution in [1.82, 2.24) is 9.97 Å². The van der Waals surface area contributed by atoms with Gasteiger partial charge in [0.15, 0.2) is 5.16 Å². The summed E-state index contributed by atoms with van der Waals surface area (Å²) in [5.41, 5.74) is 2.17. The van der Waals surface area contributed by atoms with Gasteiger partial charge >= 0.3 is 0 Å². The average Bonchev–Trinajstić information content (AvgIpc) is 2.98. The number of hydrogen-bond donors (Lipinski definition) is 0. The Kier molecular flexibility index (Phi) is 5.41. The summed E-state index contributed by atoms with van der Waals surface area (Å²) in [6.07, 6.45) is 1.09. The minimum atomic E-state index is 0.527. The van der Waals surface area contributed by atoms with E-state index in [2.05, 4.69) is 22.3 Å². The fourth-order valence-electron chi connectivity index (χ4n) is 2.25. The molecule has 23 heavy (non-hydrogen) atoms. The van der Waals surface area contributed by atoms with Crippen LogP contribution in [0.5, 0.6) is 5.75 Å². The predicted molar refractivity (Wildman–Crippen MR) is 100 cm³/mol. The predicted octanol–water partition coefficient (Wildman–Crippen LogP) is 5.91. The number of thioether (sulfide) groups is 1. The van der Waals surface area contributed by atoms with Crippen molar-refractivity contribution in [3.05, 3.63) is 34.8 Å². The van der Waals surface area contributed by atoms with Gasteiger partial charge in [0.25, 0.3) is 0 Å². The van der Waals surface area contributed by atoms with Crippen LogP contribution >= 0.6 is 34.7 Å². The van der Waals surface area contributed by atoms with Gasteiger partial charge in [-0.3, -0.25) is 0 Å². The van der Waals surface area contributed by atoms with Crippen LogP contribution in [0.25, 0.3) is 21.3 Å². The fourth-order valence-corrected chi connectivity index (χ4v) is 4.33. The maximum Gasteiger partial charge on any atom is 0.190 e. The largest absolute Gasteiger partial charge is 0.494 e. The Labute approximate surface area is 149 Å². The van der Waals surface area contributed by atoms with Gasteiger partial charge in [-0.05, 0) is 31.0 Å². The van der Waals surface area contributed by atoms with Gasteiger partial charge in [0.05, 0.1) is 12.0 Å². The Morgan fingerprint density at radius 2 is 1.96 bits per heavy atom. The van der Waals surface area contributed by atoms with E-state index in [1.54, 1.807) is 23.1 Å². The molecule has 2 heterocycles. The van der Waals surface area contributed by atoms with E-state index < -0.39 is 0 Å². The van der Waals surface area contributed by atoms with E-state index in [4.69, 9.17) is 16.3 Å². The van der Waals surface area contributed by atoms with E-state index in [-0.39, 0.29) is 0 Å². The Balaban J connectivity index is 1.98. The van der Waals surface area contributed by atoms with E-state index in [0.717, 1.165) is 44.4 Å². The highest BCUT2D eigenvalue weighted by Crippen LogP contribution is 2.38. The summed E-state index contributed by atoms with van der Waals surface area (Å²) in [5, 5.41) is 4.31. The van der Waals surface area contributed by atoms with Crippen molar-refractivity contribution in [2.45, 2.75) is 25.4 Å². The van der Waals surface area contributed by atoms with Gasteiger partial charge < -0.3 is 4.74 Å². The van der Waals surface area contributed by atoms with Crippen LogP contribution in [0.1, 0.15) is 20.3 Å². The summed E-state index contributed by atoms with van der Waals surface area (Å²) in [4.78, 5) is 10.0. The number of fused-ring (bicyclic) bond motifs is 1. The molecule has 0 unspecified atom stereocenters. The van der Waals surface area contributed by atoms with Gasteiger partial charge in [0.1, 0.15) is 15.7 Å². The zero-order valence-electron chi connectivity index (χ0n) is 13.0. The monoisotopic (exact) mass is 364 g/mol. The lowest BCUT2D eigenvalue weighted by molar-refractivity contribution is 0.340. The third-order valence-electron chi connectivity index (χ3n) is 3.28. The van der Waals surface area contributed by atoms with Crippen molar-refractivity contribution < 1.29 is 4.74 Å². The van der Waals surface area contributed by atoms with Crippen LogP contribution in [0.2, 0.25) is 5.15 Å². The number of benzene rings is 1. The van der Waals surface area contributed by atoms with Crippen LogP contribution in [0, 0.1) is 0 Å². The van der Waals surface area contributed by atoms with Crippen molar-refractivity contribution in [3.63, 3.8) is 0 Å². The van der Waals surface area contributed by atoms with Gasteiger partial charge in [-0.25, -0.2) is 9.97 Å². The molecule has 6 heteroatoms. The van der Waals surface area contributed by atoms with Crippen LogP contribution in [0.3, 0.4) is 0 Å². The molecular weight excluding hydrogens is 348 g/mol. The SMILES string of the molecule is CCCSc1nc(Cl)c2c(-c3ccc(OCC)cc3)csc2n1. The molecule has 0 aliphatic rings. The Morgan fingerprint density at radius 3 is 2.65 bits per heavy atom. The Morgan fingerprint density at radius 1 is 1.17 bits per heavy atom. The highest BCUT2D eigenvalue weighted by molar-refractivity contribution is 7.99. The summed E-state index contributed by atoms with van der Waals surface area (Å²) in [6, 6.07) is 8.04. The van der Waals surface area contributed by atoms with E-state index in [1.165, 1.54) is 0 Å². The van der Waals surface area contributed by atoms with E-state index in [1.807, 2.05) is 31.2 Å². The minimum absolute atomic E-state index is 0.527. The van der Waals surface area contributed by atoms with E-state index >= 15 is 0 Å². The molecule has 3 nitrogen and oxygen atoms in total. The van der Waals surface area contributed by atoms with Crippen LogP contribution in [-0.2, 0) is 0 Å². The molecule has 2 aromatic heterocycles. The molecule has 0 saturated carbocycles. The molecule has 120 valence electrons. The summed E-state index contributed by atoms with van der Waals surface area (Å²) in [5.74, 6) is 1.87. The van der Waals surface area contributed by atoms with Gasteiger partial charge in [-0.1, -0.05) is 42.4 Å². The summed E-state index contributed by atoms with van der Waals surface area (Å²) < 4.78 is 5.49. The first kappa shape index (κ1) is 16.6. The first-order valence-electron chi connectivity index (χ1n) is 7.53. The molecule has 0 aliphatic carbocycles. The molecule has 3 rings (SSSR count). The lowest BCUT2D eigenvalue weighted by atomic mass is 10.1.